The molecule has 1 heterocycles. The van der Waals surface area contributed by atoms with Crippen molar-refractivity contribution in [1.82, 2.24) is 0 Å². The molecule has 4 unspecified atom stereocenters. The van der Waals surface area contributed by atoms with Gasteiger partial charge in [-0.3, -0.25) is 9.59 Å². The Labute approximate surface area is 118 Å². The fourth-order valence-electron chi connectivity index (χ4n) is 3.94. The number of esters is 1. The fourth-order valence-corrected chi connectivity index (χ4v) is 3.94. The van der Waals surface area contributed by atoms with Crippen LogP contribution in [0.2, 0.25) is 0 Å². The predicted octanol–water partition coefficient (Wildman–Crippen LogP) is 2.05. The highest BCUT2D eigenvalue weighted by Gasteiger charge is 2.71. The molecule has 0 aromatic heterocycles. The molecule has 0 aromatic rings. The van der Waals surface area contributed by atoms with Crippen molar-refractivity contribution in [3.63, 3.8) is 0 Å². The van der Waals surface area contributed by atoms with Crippen LogP contribution in [0.3, 0.4) is 0 Å². The molecule has 4 rings (SSSR count). The van der Waals surface area contributed by atoms with Gasteiger partial charge in [0.05, 0.1) is 24.5 Å². The van der Waals surface area contributed by atoms with Gasteiger partial charge in [0.2, 0.25) is 0 Å². The van der Waals surface area contributed by atoms with Crippen LogP contribution in [0.1, 0.15) is 26.7 Å². The molecule has 1 saturated heterocycles. The molecule has 1 saturated carbocycles. The Kier molecular flexibility index (Phi) is 2.91. The van der Waals surface area contributed by atoms with Gasteiger partial charge in [0.1, 0.15) is 0 Å². The SMILES string of the molecule is C=CCC1(C(=O)OCC)CC2C(C)=CC1C(=O)C21CO1. The van der Waals surface area contributed by atoms with E-state index >= 15 is 0 Å². The monoisotopic (exact) mass is 276 g/mol. The molecule has 0 N–H and O–H groups in total. The molecule has 4 aliphatic rings. The van der Waals surface area contributed by atoms with E-state index in [9.17, 15) is 9.59 Å². The van der Waals surface area contributed by atoms with Crippen LogP contribution in [-0.4, -0.2) is 30.6 Å². The van der Waals surface area contributed by atoms with E-state index in [2.05, 4.69) is 6.58 Å². The standard InChI is InChI=1S/C16H20O4/c1-4-6-15(14(18)19-5-2)8-12-10(3)7-11(15)13(17)16(12)9-20-16/h4,7,11-12H,1,5-6,8-9H2,2-3H3. The third-order valence-electron chi connectivity index (χ3n) is 5.05. The minimum Gasteiger partial charge on any atom is -0.466 e. The lowest BCUT2D eigenvalue weighted by atomic mass is 9.51. The van der Waals surface area contributed by atoms with Crippen LogP contribution in [0.4, 0.5) is 0 Å². The lowest BCUT2D eigenvalue weighted by Crippen LogP contribution is -2.59. The minimum atomic E-state index is -0.782. The number of Topliss-reactive ketones (excluding diaryl/α,β-unsaturated/α-hetero) is 1. The number of epoxide rings is 1. The Balaban J connectivity index is 2.04. The van der Waals surface area contributed by atoms with Crippen molar-refractivity contribution in [3.8, 4) is 0 Å². The second-order valence-corrected chi connectivity index (χ2v) is 6.06. The Morgan fingerprint density at radius 2 is 2.35 bits per heavy atom. The van der Waals surface area contributed by atoms with Gasteiger partial charge in [-0.25, -0.2) is 0 Å². The minimum absolute atomic E-state index is 0.00403. The molecule has 1 aliphatic heterocycles. The Morgan fingerprint density at radius 3 is 2.90 bits per heavy atom. The maximum absolute atomic E-state index is 12.7. The molecule has 0 radical (unpaired) electrons. The molecule has 4 atom stereocenters. The third-order valence-corrected chi connectivity index (χ3v) is 5.05. The van der Waals surface area contributed by atoms with Crippen molar-refractivity contribution in [2.45, 2.75) is 32.3 Å². The number of hydrogen-bond acceptors (Lipinski definition) is 4. The third kappa shape index (κ3) is 1.51. The summed E-state index contributed by atoms with van der Waals surface area (Å²) in [6.07, 6.45) is 4.76. The number of fused-ring (bicyclic) bond motifs is 1. The van der Waals surface area contributed by atoms with E-state index in [0.717, 1.165) is 5.57 Å². The average Bonchev–Trinajstić information content (AvgIpc) is 3.19. The quantitative estimate of drug-likeness (QED) is 0.448. The number of ether oxygens (including phenoxy) is 2. The molecule has 2 bridgehead atoms. The van der Waals surface area contributed by atoms with Crippen LogP contribution >= 0.6 is 0 Å². The molecule has 0 amide bonds. The van der Waals surface area contributed by atoms with Gasteiger partial charge in [0.15, 0.2) is 11.4 Å². The van der Waals surface area contributed by atoms with Crippen molar-refractivity contribution < 1.29 is 19.1 Å². The molecular formula is C16H20O4. The average molecular weight is 276 g/mol. The molecule has 1 spiro atoms. The molecule has 4 heteroatoms. The lowest BCUT2D eigenvalue weighted by molar-refractivity contribution is -0.168. The smallest absolute Gasteiger partial charge is 0.313 e. The van der Waals surface area contributed by atoms with Crippen LogP contribution in [0, 0.1) is 17.3 Å². The van der Waals surface area contributed by atoms with Crippen molar-refractivity contribution in [2.24, 2.45) is 17.3 Å². The highest BCUT2D eigenvalue weighted by atomic mass is 16.6. The van der Waals surface area contributed by atoms with E-state index in [1.807, 2.05) is 13.0 Å². The topological polar surface area (TPSA) is 55.9 Å². The van der Waals surface area contributed by atoms with E-state index in [4.69, 9.17) is 9.47 Å². The number of carbonyl (C=O) groups is 2. The lowest BCUT2D eigenvalue weighted by Gasteiger charge is -2.49. The molecule has 4 nitrogen and oxygen atoms in total. The summed E-state index contributed by atoms with van der Waals surface area (Å²) in [4.78, 5) is 25.2. The van der Waals surface area contributed by atoms with Crippen molar-refractivity contribution in [2.75, 3.05) is 13.2 Å². The largest absolute Gasteiger partial charge is 0.466 e. The van der Waals surface area contributed by atoms with E-state index in [0.29, 0.717) is 26.1 Å². The molecule has 2 fully saturated rings. The van der Waals surface area contributed by atoms with Crippen molar-refractivity contribution in [1.29, 1.82) is 0 Å². The maximum Gasteiger partial charge on any atom is 0.313 e. The number of allylic oxidation sites excluding steroid dienone is 2. The molecule has 20 heavy (non-hydrogen) atoms. The first-order chi connectivity index (χ1) is 9.51. The fraction of sp³-hybridized carbons (Fsp3) is 0.625. The summed E-state index contributed by atoms with van der Waals surface area (Å²) >= 11 is 0. The maximum atomic E-state index is 12.7. The van der Waals surface area contributed by atoms with Crippen LogP contribution in [-0.2, 0) is 19.1 Å². The van der Waals surface area contributed by atoms with Gasteiger partial charge in [0, 0.05) is 5.92 Å². The summed E-state index contributed by atoms with van der Waals surface area (Å²) < 4.78 is 10.7. The number of ketones is 1. The van der Waals surface area contributed by atoms with Crippen molar-refractivity contribution in [3.05, 3.63) is 24.3 Å². The summed E-state index contributed by atoms with van der Waals surface area (Å²) in [7, 11) is 0. The second kappa shape index (κ2) is 4.29. The number of rotatable bonds is 4. The van der Waals surface area contributed by atoms with Gasteiger partial charge < -0.3 is 9.47 Å². The molecule has 3 aliphatic carbocycles. The first-order valence-corrected chi connectivity index (χ1v) is 7.16. The van der Waals surface area contributed by atoms with Gasteiger partial charge >= 0.3 is 5.97 Å². The highest BCUT2D eigenvalue weighted by Crippen LogP contribution is 2.60. The first kappa shape index (κ1) is 13.6. The predicted molar refractivity (Wildman–Crippen MR) is 72.9 cm³/mol. The first-order valence-electron chi connectivity index (χ1n) is 7.16. The van der Waals surface area contributed by atoms with Gasteiger partial charge in [-0.05, 0) is 26.7 Å². The summed E-state index contributed by atoms with van der Waals surface area (Å²) in [5.41, 5.74) is -0.257. The zero-order valence-corrected chi connectivity index (χ0v) is 12.0. The van der Waals surface area contributed by atoms with E-state index < -0.39 is 16.9 Å². The van der Waals surface area contributed by atoms with E-state index in [1.165, 1.54) is 0 Å². The zero-order valence-electron chi connectivity index (χ0n) is 12.0. The molecule has 0 aromatic carbocycles. The number of hydrogen-bond donors (Lipinski definition) is 0. The van der Waals surface area contributed by atoms with Gasteiger partial charge in [-0.2, -0.15) is 0 Å². The highest BCUT2D eigenvalue weighted by molar-refractivity contribution is 6.01. The normalized spacial score (nSPS) is 41.5. The summed E-state index contributed by atoms with van der Waals surface area (Å²) in [6, 6.07) is 0. The Hall–Kier alpha value is -1.42. The van der Waals surface area contributed by atoms with Crippen LogP contribution in [0.5, 0.6) is 0 Å². The van der Waals surface area contributed by atoms with Gasteiger partial charge in [0.25, 0.3) is 0 Å². The van der Waals surface area contributed by atoms with Crippen LogP contribution in [0.15, 0.2) is 24.3 Å². The van der Waals surface area contributed by atoms with Crippen LogP contribution < -0.4 is 0 Å². The van der Waals surface area contributed by atoms with E-state index in [1.54, 1.807) is 13.0 Å². The molecule has 108 valence electrons. The van der Waals surface area contributed by atoms with Gasteiger partial charge in [-0.15, -0.1) is 6.58 Å². The van der Waals surface area contributed by atoms with Crippen LogP contribution in [0.25, 0.3) is 0 Å². The van der Waals surface area contributed by atoms with E-state index in [-0.39, 0.29) is 17.7 Å². The summed E-state index contributed by atoms with van der Waals surface area (Å²) in [6.45, 7) is 8.38. The van der Waals surface area contributed by atoms with Crippen molar-refractivity contribution >= 4 is 11.8 Å². The summed E-state index contributed by atoms with van der Waals surface area (Å²) in [5.74, 6) is -0.659. The zero-order chi connectivity index (χ0) is 14.5. The molecular weight excluding hydrogens is 256 g/mol. The Morgan fingerprint density at radius 1 is 1.65 bits per heavy atom. The summed E-state index contributed by atoms with van der Waals surface area (Å²) in [5, 5.41) is 0. The second-order valence-electron chi connectivity index (χ2n) is 6.06. The Bertz CT molecular complexity index is 515. The number of carbonyl (C=O) groups excluding carboxylic acids is 2. The van der Waals surface area contributed by atoms with Gasteiger partial charge in [-0.1, -0.05) is 17.7 Å².